The third-order valence-electron chi connectivity index (χ3n) is 6.26. The van der Waals surface area contributed by atoms with Crippen LogP contribution in [-0.4, -0.2) is 47.3 Å². The van der Waals surface area contributed by atoms with Crippen molar-refractivity contribution in [3.05, 3.63) is 39.8 Å². The lowest BCUT2D eigenvalue weighted by atomic mass is 9.61. The number of aryl methyl sites for hydroxylation is 1. The van der Waals surface area contributed by atoms with Gasteiger partial charge in [0.1, 0.15) is 0 Å². The fraction of sp³-hybridized carbons (Fsp3) is 0.500. The summed E-state index contributed by atoms with van der Waals surface area (Å²) < 4.78 is 10.8. The molecule has 0 spiro atoms. The average Bonchev–Trinajstić information content (AvgIpc) is 3.37. The van der Waals surface area contributed by atoms with Crippen molar-refractivity contribution in [3.8, 4) is 11.5 Å². The zero-order chi connectivity index (χ0) is 21.8. The molecular weight excluding hydrogens is 418 g/mol. The lowest BCUT2D eigenvalue weighted by Gasteiger charge is -2.50. The van der Waals surface area contributed by atoms with Crippen LogP contribution in [0.3, 0.4) is 0 Å². The summed E-state index contributed by atoms with van der Waals surface area (Å²) in [5.41, 5.74) is 2.20. The van der Waals surface area contributed by atoms with Gasteiger partial charge in [0.2, 0.25) is 12.7 Å². The number of nitrogens with zero attached hydrogens (tertiary/aromatic N) is 2. The van der Waals surface area contributed by atoms with Gasteiger partial charge in [-0.05, 0) is 55.8 Å². The molecule has 3 atom stereocenters. The molecule has 9 heteroatoms. The fourth-order valence-corrected chi connectivity index (χ4v) is 5.28. The van der Waals surface area contributed by atoms with Crippen LogP contribution in [0, 0.1) is 24.7 Å². The number of fused-ring (bicyclic) bond motifs is 2. The summed E-state index contributed by atoms with van der Waals surface area (Å²) in [5.74, 6) is 3.04. The zero-order valence-electron chi connectivity index (χ0n) is 17.5. The Hall–Kier alpha value is -2.65. The molecule has 3 heterocycles. The van der Waals surface area contributed by atoms with Crippen LogP contribution in [0.1, 0.15) is 29.1 Å². The standard InChI is InChI=1S/C21H25N3O3S.CH2O2/c1-13-23-16(11-28-13)9-24-5-4-15-7-17(18(15)10-24)21(25)22-8-14-2-3-19-20(6-14)27-12-26-19;2-1-3/h2-3,6,11,15,17-18H,4-5,7-10,12H2,1H3,(H,22,25);1H,(H,2,3)/t15-,17-,18-;/m1./s1. The highest BCUT2D eigenvalue weighted by molar-refractivity contribution is 7.09. The maximum absolute atomic E-state index is 12.8. The van der Waals surface area contributed by atoms with Crippen molar-refractivity contribution < 1.29 is 24.2 Å². The molecule has 0 unspecified atom stereocenters. The highest BCUT2D eigenvalue weighted by Crippen LogP contribution is 2.46. The number of carbonyl (C=O) groups is 2. The van der Waals surface area contributed by atoms with E-state index >= 15 is 0 Å². The molecule has 1 aromatic heterocycles. The smallest absolute Gasteiger partial charge is 0.290 e. The van der Waals surface area contributed by atoms with Crippen molar-refractivity contribution in [1.82, 2.24) is 15.2 Å². The molecule has 1 aromatic carbocycles. The number of aromatic nitrogens is 1. The van der Waals surface area contributed by atoms with Crippen LogP contribution >= 0.6 is 11.3 Å². The van der Waals surface area contributed by atoms with E-state index in [2.05, 4.69) is 20.6 Å². The number of hydrogen-bond donors (Lipinski definition) is 2. The first-order chi connectivity index (χ1) is 15.1. The summed E-state index contributed by atoms with van der Waals surface area (Å²) in [6, 6.07) is 5.84. The minimum absolute atomic E-state index is 0.138. The maximum atomic E-state index is 12.8. The summed E-state index contributed by atoms with van der Waals surface area (Å²) in [6.07, 6.45) is 2.22. The molecule has 0 radical (unpaired) electrons. The van der Waals surface area contributed by atoms with Gasteiger partial charge in [-0.3, -0.25) is 14.5 Å². The van der Waals surface area contributed by atoms with Crippen LogP contribution in [0.4, 0.5) is 0 Å². The average molecular weight is 446 g/mol. The van der Waals surface area contributed by atoms with Crippen molar-refractivity contribution in [2.24, 2.45) is 17.8 Å². The van der Waals surface area contributed by atoms with E-state index in [0.717, 1.165) is 53.8 Å². The summed E-state index contributed by atoms with van der Waals surface area (Å²) in [6.45, 7) is 5.62. The Labute approximate surface area is 185 Å². The van der Waals surface area contributed by atoms with E-state index in [4.69, 9.17) is 19.4 Å². The third-order valence-corrected chi connectivity index (χ3v) is 7.08. The van der Waals surface area contributed by atoms with E-state index in [0.29, 0.717) is 18.4 Å². The van der Waals surface area contributed by atoms with Gasteiger partial charge < -0.3 is 19.9 Å². The molecule has 166 valence electrons. The largest absolute Gasteiger partial charge is 0.483 e. The third kappa shape index (κ3) is 4.99. The first kappa shape index (κ1) is 21.6. The second kappa shape index (κ2) is 9.65. The monoisotopic (exact) mass is 445 g/mol. The number of likely N-dealkylation sites (tertiary alicyclic amines) is 1. The Morgan fingerprint density at radius 1 is 1.39 bits per heavy atom. The lowest BCUT2D eigenvalue weighted by Crippen LogP contribution is -2.54. The molecule has 1 amide bonds. The molecule has 2 fully saturated rings. The number of piperidine rings is 1. The number of carbonyl (C=O) groups excluding carboxylic acids is 1. The summed E-state index contributed by atoms with van der Waals surface area (Å²) in [5, 5.41) is 13.3. The number of thiazole rings is 1. The Morgan fingerprint density at radius 3 is 2.97 bits per heavy atom. The molecule has 5 rings (SSSR count). The number of carboxylic acid groups (broad SMARTS) is 1. The lowest BCUT2D eigenvalue weighted by molar-refractivity contribution is -0.137. The molecule has 2 N–H and O–H groups in total. The number of ether oxygens (including phenoxy) is 2. The maximum Gasteiger partial charge on any atom is 0.290 e. The molecule has 2 aliphatic heterocycles. The van der Waals surface area contributed by atoms with Crippen molar-refractivity contribution in [3.63, 3.8) is 0 Å². The minimum Gasteiger partial charge on any atom is -0.483 e. The minimum atomic E-state index is -0.250. The molecule has 1 aliphatic carbocycles. The number of amides is 1. The van der Waals surface area contributed by atoms with Gasteiger partial charge in [-0.2, -0.15) is 0 Å². The van der Waals surface area contributed by atoms with Gasteiger partial charge in [0.25, 0.3) is 6.47 Å². The van der Waals surface area contributed by atoms with Gasteiger partial charge in [-0.15, -0.1) is 11.3 Å². The van der Waals surface area contributed by atoms with Gasteiger partial charge in [0.15, 0.2) is 11.5 Å². The van der Waals surface area contributed by atoms with Crippen LogP contribution in [0.25, 0.3) is 0 Å². The Bertz CT molecular complexity index is 934. The molecular formula is C22H27N3O5S. The first-order valence-corrected chi connectivity index (χ1v) is 11.3. The summed E-state index contributed by atoms with van der Waals surface area (Å²) in [7, 11) is 0. The molecule has 1 saturated heterocycles. The fourth-order valence-electron chi connectivity index (χ4n) is 4.68. The Balaban J connectivity index is 0.000000730. The van der Waals surface area contributed by atoms with Crippen molar-refractivity contribution in [2.45, 2.75) is 32.9 Å². The molecule has 31 heavy (non-hydrogen) atoms. The summed E-state index contributed by atoms with van der Waals surface area (Å²) >= 11 is 1.71. The quantitative estimate of drug-likeness (QED) is 0.683. The van der Waals surface area contributed by atoms with E-state index in [9.17, 15) is 4.79 Å². The van der Waals surface area contributed by atoms with Gasteiger partial charge in [0.05, 0.1) is 10.7 Å². The van der Waals surface area contributed by atoms with E-state index in [1.54, 1.807) is 11.3 Å². The van der Waals surface area contributed by atoms with Gasteiger partial charge >= 0.3 is 0 Å². The second-order valence-electron chi connectivity index (χ2n) is 8.16. The first-order valence-electron chi connectivity index (χ1n) is 10.4. The van der Waals surface area contributed by atoms with Crippen molar-refractivity contribution >= 4 is 23.7 Å². The number of nitrogens with one attached hydrogen (secondary N) is 1. The van der Waals surface area contributed by atoms with E-state index in [1.165, 1.54) is 6.42 Å². The highest BCUT2D eigenvalue weighted by Gasteiger charge is 2.47. The zero-order valence-corrected chi connectivity index (χ0v) is 18.3. The second-order valence-corrected chi connectivity index (χ2v) is 9.22. The Morgan fingerprint density at radius 2 is 2.19 bits per heavy atom. The number of hydrogen-bond acceptors (Lipinski definition) is 7. The molecule has 0 bridgehead atoms. The predicted molar refractivity (Wildman–Crippen MR) is 115 cm³/mol. The Kier molecular flexibility index (Phi) is 6.72. The highest BCUT2D eigenvalue weighted by atomic mass is 32.1. The van der Waals surface area contributed by atoms with Gasteiger partial charge in [-0.25, -0.2) is 4.98 Å². The topological polar surface area (TPSA) is 101 Å². The molecule has 1 saturated carbocycles. The van der Waals surface area contributed by atoms with Crippen LogP contribution in [0.2, 0.25) is 0 Å². The van der Waals surface area contributed by atoms with E-state index < -0.39 is 0 Å². The van der Waals surface area contributed by atoms with Gasteiger partial charge in [-0.1, -0.05) is 6.07 Å². The van der Waals surface area contributed by atoms with Crippen LogP contribution in [-0.2, 0) is 22.7 Å². The van der Waals surface area contributed by atoms with Crippen LogP contribution < -0.4 is 14.8 Å². The van der Waals surface area contributed by atoms with Gasteiger partial charge in [0, 0.05) is 30.9 Å². The van der Waals surface area contributed by atoms with Crippen LogP contribution in [0.15, 0.2) is 23.6 Å². The SMILES string of the molecule is Cc1nc(CN2CC[C@@H]3C[C@@H](C(=O)NCc4ccc5c(c4)OCO5)[C@@H]3C2)cs1.O=CO. The van der Waals surface area contributed by atoms with Crippen molar-refractivity contribution in [2.75, 3.05) is 19.9 Å². The normalized spacial score (nSPS) is 23.7. The number of rotatable bonds is 5. The number of benzene rings is 1. The molecule has 3 aliphatic rings. The van der Waals surface area contributed by atoms with E-state index in [1.807, 2.05) is 25.1 Å². The van der Waals surface area contributed by atoms with E-state index in [-0.39, 0.29) is 25.1 Å². The van der Waals surface area contributed by atoms with Crippen molar-refractivity contribution in [1.29, 1.82) is 0 Å². The molecule has 8 nitrogen and oxygen atoms in total. The predicted octanol–water partition coefficient (Wildman–Crippen LogP) is 2.66. The summed E-state index contributed by atoms with van der Waals surface area (Å²) in [4.78, 5) is 28.2. The van der Waals surface area contributed by atoms with Crippen LogP contribution in [0.5, 0.6) is 11.5 Å². The molecule has 2 aromatic rings.